The Kier molecular flexibility index (Phi) is 6.12. The molecule has 5 heteroatoms. The van der Waals surface area contributed by atoms with Gasteiger partial charge in [0.25, 0.3) is 5.91 Å². The van der Waals surface area contributed by atoms with Crippen molar-refractivity contribution in [1.29, 1.82) is 0 Å². The molecular formula is C26H27N3O2. The number of rotatable bonds is 5. The Hall–Kier alpha value is -3.47. The number of benzene rings is 2. The summed E-state index contributed by atoms with van der Waals surface area (Å²) in [7, 11) is 0. The van der Waals surface area contributed by atoms with Gasteiger partial charge in [-0.25, -0.2) is 0 Å². The van der Waals surface area contributed by atoms with E-state index < -0.39 is 0 Å². The minimum atomic E-state index is -0.231. The SMILES string of the molecule is CC[C@H]1C[C@@H](C(C)C(=O)Nc2ccccc2)c2ccccc2N1C(=O)c1cccnc1. The smallest absolute Gasteiger partial charge is 0.260 e. The number of nitrogens with zero attached hydrogens (tertiary/aromatic N) is 2. The number of hydrogen-bond acceptors (Lipinski definition) is 3. The van der Waals surface area contributed by atoms with Crippen LogP contribution in [0, 0.1) is 5.92 Å². The molecule has 31 heavy (non-hydrogen) atoms. The summed E-state index contributed by atoms with van der Waals surface area (Å²) in [6.07, 6.45) is 4.83. The molecule has 158 valence electrons. The number of para-hydroxylation sites is 2. The van der Waals surface area contributed by atoms with Crippen molar-refractivity contribution in [3.8, 4) is 0 Å². The highest BCUT2D eigenvalue weighted by atomic mass is 16.2. The molecule has 3 atom stereocenters. The summed E-state index contributed by atoms with van der Waals surface area (Å²) in [6, 6.07) is 21.1. The number of hydrogen-bond donors (Lipinski definition) is 1. The Morgan fingerprint density at radius 2 is 1.81 bits per heavy atom. The number of aromatic nitrogens is 1. The predicted octanol–water partition coefficient (Wildman–Crippen LogP) is 5.27. The van der Waals surface area contributed by atoms with Gasteiger partial charge in [-0.2, -0.15) is 0 Å². The molecule has 0 saturated carbocycles. The van der Waals surface area contributed by atoms with Crippen LogP contribution < -0.4 is 10.2 Å². The molecule has 1 unspecified atom stereocenters. The normalized spacial score (nSPS) is 18.7. The molecule has 4 rings (SSSR count). The van der Waals surface area contributed by atoms with Gasteiger partial charge in [-0.1, -0.05) is 50.2 Å². The monoisotopic (exact) mass is 413 g/mol. The lowest BCUT2D eigenvalue weighted by molar-refractivity contribution is -0.120. The van der Waals surface area contributed by atoms with E-state index in [0.29, 0.717) is 5.56 Å². The van der Waals surface area contributed by atoms with Gasteiger partial charge in [0.05, 0.1) is 5.56 Å². The standard InChI is InChI=1S/C26H27N3O2/c1-3-21-16-23(18(2)25(30)28-20-11-5-4-6-12-20)22-13-7-8-14-24(22)29(21)26(31)19-10-9-15-27-17-19/h4-15,17-18,21,23H,3,16H2,1-2H3,(H,28,30)/t18?,21-,23-/m0/s1. The van der Waals surface area contributed by atoms with Crippen molar-refractivity contribution >= 4 is 23.2 Å². The van der Waals surface area contributed by atoms with E-state index in [9.17, 15) is 9.59 Å². The number of amides is 2. The lowest BCUT2D eigenvalue weighted by atomic mass is 9.77. The highest BCUT2D eigenvalue weighted by Crippen LogP contribution is 2.43. The Bertz CT molecular complexity index is 1050. The molecule has 5 nitrogen and oxygen atoms in total. The maximum Gasteiger partial charge on any atom is 0.260 e. The molecule has 0 fully saturated rings. The molecule has 0 radical (unpaired) electrons. The molecule has 2 aromatic carbocycles. The van der Waals surface area contributed by atoms with Crippen LogP contribution in [0.25, 0.3) is 0 Å². The second kappa shape index (κ2) is 9.13. The summed E-state index contributed by atoms with van der Waals surface area (Å²) < 4.78 is 0. The first-order chi connectivity index (χ1) is 15.1. The molecule has 1 aliphatic heterocycles. The van der Waals surface area contributed by atoms with Crippen LogP contribution >= 0.6 is 0 Å². The van der Waals surface area contributed by atoms with E-state index in [4.69, 9.17) is 0 Å². The number of pyridine rings is 1. The van der Waals surface area contributed by atoms with Crippen molar-refractivity contribution in [1.82, 2.24) is 4.98 Å². The van der Waals surface area contributed by atoms with Crippen LogP contribution in [0.5, 0.6) is 0 Å². The fourth-order valence-electron chi connectivity index (χ4n) is 4.43. The molecule has 0 bridgehead atoms. The third-order valence-corrected chi connectivity index (χ3v) is 6.14. The highest BCUT2D eigenvalue weighted by Gasteiger charge is 2.39. The third kappa shape index (κ3) is 4.22. The van der Waals surface area contributed by atoms with Gasteiger partial charge in [0.1, 0.15) is 0 Å². The zero-order valence-corrected chi connectivity index (χ0v) is 17.9. The first kappa shape index (κ1) is 20.8. The van der Waals surface area contributed by atoms with Crippen molar-refractivity contribution < 1.29 is 9.59 Å². The summed E-state index contributed by atoms with van der Waals surface area (Å²) in [5, 5.41) is 3.03. The minimum Gasteiger partial charge on any atom is -0.326 e. The van der Waals surface area contributed by atoms with Crippen molar-refractivity contribution in [3.63, 3.8) is 0 Å². The van der Waals surface area contributed by atoms with Crippen molar-refractivity contribution in [2.45, 2.75) is 38.6 Å². The quantitative estimate of drug-likeness (QED) is 0.620. The molecule has 1 aliphatic rings. The van der Waals surface area contributed by atoms with E-state index in [1.807, 2.05) is 66.4 Å². The largest absolute Gasteiger partial charge is 0.326 e. The van der Waals surface area contributed by atoms with Gasteiger partial charge >= 0.3 is 0 Å². The first-order valence-corrected chi connectivity index (χ1v) is 10.8. The van der Waals surface area contributed by atoms with E-state index in [1.54, 1.807) is 24.5 Å². The van der Waals surface area contributed by atoms with Gasteiger partial charge < -0.3 is 10.2 Å². The average Bonchev–Trinajstić information content (AvgIpc) is 2.83. The number of anilines is 2. The second-order valence-corrected chi connectivity index (χ2v) is 8.02. The van der Waals surface area contributed by atoms with Gasteiger partial charge in [-0.05, 0) is 54.7 Å². The van der Waals surface area contributed by atoms with E-state index in [0.717, 1.165) is 29.8 Å². The summed E-state index contributed by atoms with van der Waals surface area (Å²) in [5.74, 6) is -0.256. The van der Waals surface area contributed by atoms with Gasteiger partial charge in [-0.15, -0.1) is 0 Å². The number of carbonyl (C=O) groups is 2. The summed E-state index contributed by atoms with van der Waals surface area (Å²) >= 11 is 0. The van der Waals surface area contributed by atoms with E-state index >= 15 is 0 Å². The maximum absolute atomic E-state index is 13.4. The Morgan fingerprint density at radius 3 is 2.52 bits per heavy atom. The molecule has 3 aromatic rings. The summed E-state index contributed by atoms with van der Waals surface area (Å²) in [4.78, 5) is 32.5. The molecular weight excluding hydrogens is 386 g/mol. The minimum absolute atomic E-state index is 0.00658. The van der Waals surface area contributed by atoms with Gasteiger partial charge in [0.2, 0.25) is 5.91 Å². The topological polar surface area (TPSA) is 62.3 Å². The number of fused-ring (bicyclic) bond motifs is 1. The lowest BCUT2D eigenvalue weighted by Crippen LogP contribution is -2.46. The molecule has 2 amide bonds. The first-order valence-electron chi connectivity index (χ1n) is 10.8. The van der Waals surface area contributed by atoms with Crippen LogP contribution in [0.1, 0.15) is 48.5 Å². The van der Waals surface area contributed by atoms with Crippen LogP contribution in [0.3, 0.4) is 0 Å². The summed E-state index contributed by atoms with van der Waals surface area (Å²) in [6.45, 7) is 4.07. The Balaban J connectivity index is 1.66. The molecule has 2 heterocycles. The van der Waals surface area contributed by atoms with Crippen LogP contribution in [0.2, 0.25) is 0 Å². The Labute approximate surface area is 183 Å². The predicted molar refractivity (Wildman–Crippen MR) is 123 cm³/mol. The maximum atomic E-state index is 13.4. The molecule has 0 spiro atoms. The van der Waals surface area contributed by atoms with Crippen molar-refractivity contribution in [2.75, 3.05) is 10.2 Å². The highest BCUT2D eigenvalue weighted by molar-refractivity contribution is 6.07. The van der Waals surface area contributed by atoms with Crippen molar-refractivity contribution in [3.05, 3.63) is 90.3 Å². The molecule has 0 aliphatic carbocycles. The second-order valence-electron chi connectivity index (χ2n) is 8.02. The molecule has 0 saturated heterocycles. The van der Waals surface area contributed by atoms with Gasteiger partial charge in [0.15, 0.2) is 0 Å². The van der Waals surface area contributed by atoms with Crippen LogP contribution in [0.15, 0.2) is 79.1 Å². The lowest BCUT2D eigenvalue weighted by Gasteiger charge is -2.42. The zero-order chi connectivity index (χ0) is 21.8. The fraction of sp³-hybridized carbons (Fsp3) is 0.269. The van der Waals surface area contributed by atoms with Gasteiger partial charge in [0, 0.05) is 35.7 Å². The number of carbonyl (C=O) groups excluding carboxylic acids is 2. The molecule has 1 N–H and O–H groups in total. The van der Waals surface area contributed by atoms with Crippen LogP contribution in [0.4, 0.5) is 11.4 Å². The van der Waals surface area contributed by atoms with Crippen LogP contribution in [-0.2, 0) is 4.79 Å². The zero-order valence-electron chi connectivity index (χ0n) is 17.9. The summed E-state index contributed by atoms with van der Waals surface area (Å²) in [5.41, 5.74) is 3.30. The fourth-order valence-corrected chi connectivity index (χ4v) is 4.43. The third-order valence-electron chi connectivity index (χ3n) is 6.14. The van der Waals surface area contributed by atoms with E-state index in [-0.39, 0.29) is 29.7 Å². The number of nitrogens with one attached hydrogen (secondary N) is 1. The molecule has 1 aromatic heterocycles. The van der Waals surface area contributed by atoms with E-state index in [1.165, 1.54) is 0 Å². The van der Waals surface area contributed by atoms with Crippen LogP contribution in [-0.4, -0.2) is 22.8 Å². The van der Waals surface area contributed by atoms with Gasteiger partial charge in [-0.3, -0.25) is 14.6 Å². The Morgan fingerprint density at radius 1 is 1.06 bits per heavy atom. The average molecular weight is 414 g/mol. The van der Waals surface area contributed by atoms with E-state index in [2.05, 4.69) is 17.2 Å². The van der Waals surface area contributed by atoms with Crippen molar-refractivity contribution in [2.24, 2.45) is 5.92 Å².